The number of Topliss-reactive ketones (excluding diaryl/α,β-unsaturated/α-hetero) is 1. The Labute approximate surface area is 88.5 Å². The van der Waals surface area contributed by atoms with E-state index in [1.165, 1.54) is 0 Å². The Kier molecular flexibility index (Phi) is 2.82. The molecule has 15 heavy (non-hydrogen) atoms. The molecule has 1 saturated carbocycles. The van der Waals surface area contributed by atoms with Gasteiger partial charge in [0, 0.05) is 18.3 Å². The van der Waals surface area contributed by atoms with Crippen LogP contribution in [-0.4, -0.2) is 15.3 Å². The average Bonchev–Trinajstić information content (AvgIpc) is 2.87. The molecule has 1 fully saturated rings. The summed E-state index contributed by atoms with van der Waals surface area (Å²) in [6.45, 7) is 0.299. The lowest BCUT2D eigenvalue weighted by atomic mass is 10.0. The molecule has 1 heterocycles. The SMILES string of the molecule is N#Cc1nccn1CC(=O)C1CCCC1. The van der Waals surface area contributed by atoms with Gasteiger partial charge in [0.05, 0.1) is 6.54 Å². The second-order valence-corrected chi connectivity index (χ2v) is 3.94. The summed E-state index contributed by atoms with van der Waals surface area (Å²) < 4.78 is 1.63. The number of hydrogen-bond donors (Lipinski definition) is 0. The maximum absolute atomic E-state index is 11.8. The van der Waals surface area contributed by atoms with Gasteiger partial charge in [0.15, 0.2) is 5.78 Å². The van der Waals surface area contributed by atoms with Crippen LogP contribution in [0, 0.1) is 17.2 Å². The predicted molar refractivity (Wildman–Crippen MR) is 53.9 cm³/mol. The Hall–Kier alpha value is -1.63. The molecule has 0 radical (unpaired) electrons. The van der Waals surface area contributed by atoms with Crippen molar-refractivity contribution in [3.05, 3.63) is 18.2 Å². The maximum Gasteiger partial charge on any atom is 0.213 e. The lowest BCUT2D eigenvalue weighted by Crippen LogP contribution is -2.18. The minimum atomic E-state index is 0.207. The van der Waals surface area contributed by atoms with E-state index in [2.05, 4.69) is 4.98 Å². The molecule has 4 heteroatoms. The van der Waals surface area contributed by atoms with Gasteiger partial charge >= 0.3 is 0 Å². The van der Waals surface area contributed by atoms with Crippen molar-refractivity contribution < 1.29 is 4.79 Å². The largest absolute Gasteiger partial charge is 0.315 e. The summed E-state index contributed by atoms with van der Waals surface area (Å²) in [5.41, 5.74) is 0. The minimum absolute atomic E-state index is 0.207. The highest BCUT2D eigenvalue weighted by Crippen LogP contribution is 2.25. The monoisotopic (exact) mass is 203 g/mol. The second-order valence-electron chi connectivity index (χ2n) is 3.94. The minimum Gasteiger partial charge on any atom is -0.315 e. The third-order valence-corrected chi connectivity index (χ3v) is 2.95. The normalized spacial score (nSPS) is 16.5. The van der Waals surface area contributed by atoms with Crippen molar-refractivity contribution >= 4 is 5.78 Å². The van der Waals surface area contributed by atoms with Crippen LogP contribution < -0.4 is 0 Å². The average molecular weight is 203 g/mol. The van der Waals surface area contributed by atoms with Gasteiger partial charge in [-0.1, -0.05) is 12.8 Å². The fraction of sp³-hybridized carbons (Fsp3) is 0.545. The van der Waals surface area contributed by atoms with Gasteiger partial charge in [-0.3, -0.25) is 4.79 Å². The summed E-state index contributed by atoms with van der Waals surface area (Å²) in [5.74, 6) is 0.766. The van der Waals surface area contributed by atoms with Gasteiger partial charge in [-0.05, 0) is 12.8 Å². The quantitative estimate of drug-likeness (QED) is 0.748. The molecule has 1 aromatic rings. The van der Waals surface area contributed by atoms with Crippen LogP contribution in [0.2, 0.25) is 0 Å². The van der Waals surface area contributed by atoms with Crippen molar-refractivity contribution in [2.24, 2.45) is 5.92 Å². The van der Waals surface area contributed by atoms with E-state index in [0.717, 1.165) is 25.7 Å². The number of carbonyl (C=O) groups is 1. The molecule has 0 spiro atoms. The Morgan fingerprint density at radius 2 is 2.33 bits per heavy atom. The molecule has 4 nitrogen and oxygen atoms in total. The number of imidazole rings is 1. The molecule has 0 aliphatic heterocycles. The first-order valence-corrected chi connectivity index (χ1v) is 5.25. The van der Waals surface area contributed by atoms with Crippen LogP contribution in [0.5, 0.6) is 0 Å². The van der Waals surface area contributed by atoms with Gasteiger partial charge in [0.2, 0.25) is 5.82 Å². The summed E-state index contributed by atoms with van der Waals surface area (Å²) in [7, 11) is 0. The molecule has 0 N–H and O–H groups in total. The number of rotatable bonds is 3. The molecule has 78 valence electrons. The van der Waals surface area contributed by atoms with E-state index in [0.29, 0.717) is 12.4 Å². The highest BCUT2D eigenvalue weighted by molar-refractivity contribution is 5.81. The van der Waals surface area contributed by atoms with Gasteiger partial charge < -0.3 is 4.57 Å². The number of nitriles is 1. The molecule has 0 bridgehead atoms. The zero-order valence-corrected chi connectivity index (χ0v) is 8.52. The van der Waals surface area contributed by atoms with Crippen LogP contribution in [0.1, 0.15) is 31.5 Å². The molecule has 1 aliphatic rings. The second kappa shape index (κ2) is 4.26. The summed E-state index contributed by atoms with van der Waals surface area (Å²) >= 11 is 0. The van der Waals surface area contributed by atoms with Crippen molar-refractivity contribution in [2.45, 2.75) is 32.2 Å². The molecule has 1 aromatic heterocycles. The van der Waals surface area contributed by atoms with Gasteiger partial charge in [0.25, 0.3) is 0 Å². The molecule has 0 saturated heterocycles. The first kappa shape index (κ1) is 9.91. The standard InChI is InChI=1S/C11H13N3O/c12-7-11-13-5-6-14(11)8-10(15)9-3-1-2-4-9/h5-6,9H,1-4,8H2. The first-order chi connectivity index (χ1) is 7.31. The Bertz CT molecular complexity index is 396. The highest BCUT2D eigenvalue weighted by atomic mass is 16.1. The Balaban J connectivity index is 2.02. The lowest BCUT2D eigenvalue weighted by Gasteiger charge is -2.08. The van der Waals surface area contributed by atoms with Crippen molar-refractivity contribution in [2.75, 3.05) is 0 Å². The Morgan fingerprint density at radius 1 is 1.60 bits per heavy atom. The molecular weight excluding hydrogens is 190 g/mol. The van der Waals surface area contributed by atoms with Crippen LogP contribution in [0.3, 0.4) is 0 Å². The highest BCUT2D eigenvalue weighted by Gasteiger charge is 2.23. The van der Waals surface area contributed by atoms with Crippen LogP contribution in [0.25, 0.3) is 0 Å². The number of ketones is 1. The van der Waals surface area contributed by atoms with E-state index in [9.17, 15) is 4.79 Å². The van der Waals surface area contributed by atoms with E-state index in [4.69, 9.17) is 5.26 Å². The third kappa shape index (κ3) is 2.07. The zero-order chi connectivity index (χ0) is 10.7. The van der Waals surface area contributed by atoms with E-state index < -0.39 is 0 Å². The smallest absolute Gasteiger partial charge is 0.213 e. The summed E-state index contributed by atoms with van der Waals surface area (Å²) in [6.07, 6.45) is 7.58. The maximum atomic E-state index is 11.8. The number of hydrogen-bond acceptors (Lipinski definition) is 3. The van der Waals surface area contributed by atoms with Crippen LogP contribution in [-0.2, 0) is 11.3 Å². The summed E-state index contributed by atoms with van der Waals surface area (Å²) in [6, 6.07) is 1.97. The molecule has 0 amide bonds. The summed E-state index contributed by atoms with van der Waals surface area (Å²) in [4.78, 5) is 15.7. The Morgan fingerprint density at radius 3 is 3.00 bits per heavy atom. The van der Waals surface area contributed by atoms with Crippen LogP contribution >= 0.6 is 0 Å². The van der Waals surface area contributed by atoms with E-state index in [1.54, 1.807) is 17.0 Å². The molecular formula is C11H13N3O. The number of aromatic nitrogens is 2. The van der Waals surface area contributed by atoms with Crippen molar-refractivity contribution in [1.29, 1.82) is 5.26 Å². The summed E-state index contributed by atoms with van der Waals surface area (Å²) in [5, 5.41) is 8.74. The fourth-order valence-corrected chi connectivity index (χ4v) is 2.09. The number of nitrogens with zero attached hydrogens (tertiary/aromatic N) is 3. The van der Waals surface area contributed by atoms with Crippen molar-refractivity contribution in [3.8, 4) is 6.07 Å². The number of carbonyl (C=O) groups excluding carboxylic acids is 1. The van der Waals surface area contributed by atoms with E-state index in [-0.39, 0.29) is 11.7 Å². The molecule has 1 aliphatic carbocycles. The fourth-order valence-electron chi connectivity index (χ4n) is 2.09. The molecule has 0 unspecified atom stereocenters. The molecule has 0 atom stereocenters. The third-order valence-electron chi connectivity index (χ3n) is 2.95. The topological polar surface area (TPSA) is 58.7 Å². The lowest BCUT2D eigenvalue weighted by molar-refractivity contribution is -0.123. The van der Waals surface area contributed by atoms with Crippen molar-refractivity contribution in [3.63, 3.8) is 0 Å². The predicted octanol–water partition coefficient (Wildman–Crippen LogP) is 1.51. The zero-order valence-electron chi connectivity index (χ0n) is 8.52. The molecule has 2 rings (SSSR count). The van der Waals surface area contributed by atoms with Crippen LogP contribution in [0.4, 0.5) is 0 Å². The van der Waals surface area contributed by atoms with Gasteiger partial charge in [-0.15, -0.1) is 0 Å². The molecule has 0 aromatic carbocycles. The van der Waals surface area contributed by atoms with Crippen molar-refractivity contribution in [1.82, 2.24) is 9.55 Å². The van der Waals surface area contributed by atoms with Gasteiger partial charge in [0.1, 0.15) is 6.07 Å². The van der Waals surface area contributed by atoms with E-state index in [1.807, 2.05) is 6.07 Å². The van der Waals surface area contributed by atoms with Gasteiger partial charge in [-0.2, -0.15) is 5.26 Å². The van der Waals surface area contributed by atoms with E-state index >= 15 is 0 Å². The first-order valence-electron chi connectivity index (χ1n) is 5.25. The van der Waals surface area contributed by atoms with Crippen LogP contribution in [0.15, 0.2) is 12.4 Å². The van der Waals surface area contributed by atoms with Gasteiger partial charge in [-0.25, -0.2) is 4.98 Å².